The van der Waals surface area contributed by atoms with Gasteiger partial charge in [0.25, 0.3) is 0 Å². The molecule has 24 heavy (non-hydrogen) atoms. The molecule has 2 heteroatoms. The van der Waals surface area contributed by atoms with E-state index in [1.54, 1.807) is 0 Å². The molecule has 0 aromatic heterocycles. The van der Waals surface area contributed by atoms with Crippen molar-refractivity contribution in [3.05, 3.63) is 64.7 Å². The molecular weight excluding hydrogens is 296 g/mol. The average Bonchev–Trinajstić information content (AvgIpc) is 2.51. The first-order chi connectivity index (χ1) is 11.4. The quantitative estimate of drug-likeness (QED) is 0.690. The van der Waals surface area contributed by atoms with Crippen LogP contribution in [0.1, 0.15) is 62.8 Å². The highest BCUT2D eigenvalue weighted by Crippen LogP contribution is 2.50. The number of rotatable bonds is 6. The lowest BCUT2D eigenvalue weighted by Crippen LogP contribution is -2.41. The molecule has 3 rings (SSSR count). The molecule has 0 aliphatic heterocycles. The molecule has 2 nitrogen and oxygen atoms in total. The van der Waals surface area contributed by atoms with Gasteiger partial charge in [-0.1, -0.05) is 56.3 Å². The molecule has 0 amide bonds. The van der Waals surface area contributed by atoms with Gasteiger partial charge in [-0.15, -0.1) is 0 Å². The first kappa shape index (κ1) is 17.0. The van der Waals surface area contributed by atoms with Crippen LogP contribution in [0.5, 0.6) is 5.75 Å². The summed E-state index contributed by atoms with van der Waals surface area (Å²) in [7, 11) is 0. The van der Waals surface area contributed by atoms with E-state index < -0.39 is 0 Å². The molecule has 1 aliphatic rings. The lowest BCUT2D eigenvalue weighted by Gasteiger charge is -2.44. The van der Waals surface area contributed by atoms with Crippen LogP contribution in [0.15, 0.2) is 42.5 Å². The molecule has 0 bridgehead atoms. The maximum absolute atomic E-state index is 6.34. The van der Waals surface area contributed by atoms with Crippen LogP contribution in [0.3, 0.4) is 0 Å². The zero-order valence-electron chi connectivity index (χ0n) is 15.4. The second-order valence-electron chi connectivity index (χ2n) is 7.52. The van der Waals surface area contributed by atoms with Crippen LogP contribution in [-0.2, 0) is 23.4 Å². The van der Waals surface area contributed by atoms with Crippen molar-refractivity contribution in [2.45, 2.75) is 65.3 Å². The molecule has 0 radical (unpaired) electrons. The molecule has 1 atom stereocenters. The van der Waals surface area contributed by atoms with Crippen molar-refractivity contribution < 1.29 is 9.47 Å². The van der Waals surface area contributed by atoms with Gasteiger partial charge in [-0.3, -0.25) is 0 Å². The molecule has 0 N–H and O–H groups in total. The summed E-state index contributed by atoms with van der Waals surface area (Å²) in [5.41, 5.74) is 4.82. The Labute approximate surface area is 145 Å². The Morgan fingerprint density at radius 3 is 2.33 bits per heavy atom. The molecule has 0 saturated heterocycles. The van der Waals surface area contributed by atoms with E-state index in [1.807, 2.05) is 6.07 Å². The molecular formula is C22H28O2. The third kappa shape index (κ3) is 3.21. The van der Waals surface area contributed by atoms with Gasteiger partial charge in [0, 0.05) is 12.0 Å². The van der Waals surface area contributed by atoms with Crippen LogP contribution in [0, 0.1) is 0 Å². The fourth-order valence-electron chi connectivity index (χ4n) is 3.67. The normalized spacial score (nSPS) is 19.3. The Morgan fingerprint density at radius 1 is 1.00 bits per heavy atom. The first-order valence-electron chi connectivity index (χ1n) is 8.91. The minimum absolute atomic E-state index is 0.202. The van der Waals surface area contributed by atoms with Crippen molar-refractivity contribution in [1.29, 1.82) is 0 Å². The van der Waals surface area contributed by atoms with Gasteiger partial charge in [0.15, 0.2) is 0 Å². The van der Waals surface area contributed by atoms with Crippen molar-refractivity contribution >= 4 is 0 Å². The molecule has 2 aromatic carbocycles. The topological polar surface area (TPSA) is 18.5 Å². The Hall–Kier alpha value is -1.80. The standard InChI is InChI=1S/C22H28O2/c1-15(2)19-12-11-18-13-22(5,24-16(3)4)20(18)21(19)23-14-17-9-7-6-8-10-17/h6-12,15-16H,13-14H2,1-5H3. The Morgan fingerprint density at radius 2 is 1.71 bits per heavy atom. The Bertz CT molecular complexity index is 703. The van der Waals surface area contributed by atoms with Crippen molar-refractivity contribution in [2.24, 2.45) is 0 Å². The van der Waals surface area contributed by atoms with Crippen molar-refractivity contribution in [2.75, 3.05) is 0 Å². The molecule has 2 aromatic rings. The van der Waals surface area contributed by atoms with Gasteiger partial charge in [-0.25, -0.2) is 0 Å². The molecule has 1 unspecified atom stereocenters. The summed E-state index contributed by atoms with van der Waals surface area (Å²) in [4.78, 5) is 0. The summed E-state index contributed by atoms with van der Waals surface area (Å²) in [5, 5.41) is 0. The predicted octanol–water partition coefficient (Wildman–Crippen LogP) is 5.59. The summed E-state index contributed by atoms with van der Waals surface area (Å²) in [6.45, 7) is 11.4. The van der Waals surface area contributed by atoms with E-state index in [-0.39, 0.29) is 11.7 Å². The zero-order valence-corrected chi connectivity index (χ0v) is 15.4. The smallest absolute Gasteiger partial charge is 0.129 e. The fraction of sp³-hybridized carbons (Fsp3) is 0.455. The molecule has 0 fully saturated rings. The number of benzene rings is 2. The van der Waals surface area contributed by atoms with Gasteiger partial charge < -0.3 is 9.47 Å². The van der Waals surface area contributed by atoms with Gasteiger partial charge in [0.2, 0.25) is 0 Å². The molecule has 0 saturated carbocycles. The van der Waals surface area contributed by atoms with Crippen LogP contribution in [0.2, 0.25) is 0 Å². The largest absolute Gasteiger partial charge is 0.488 e. The molecule has 0 heterocycles. The number of ether oxygens (including phenoxy) is 2. The van der Waals surface area contributed by atoms with Gasteiger partial charge in [-0.05, 0) is 43.4 Å². The summed E-state index contributed by atoms with van der Waals surface area (Å²) in [5.74, 6) is 1.45. The van der Waals surface area contributed by atoms with Gasteiger partial charge in [0.1, 0.15) is 12.4 Å². The number of fused-ring (bicyclic) bond motifs is 1. The van der Waals surface area contributed by atoms with E-state index in [4.69, 9.17) is 9.47 Å². The zero-order chi connectivity index (χ0) is 17.3. The van der Waals surface area contributed by atoms with E-state index in [1.165, 1.54) is 22.3 Å². The molecule has 1 aliphatic carbocycles. The highest BCUT2D eigenvalue weighted by atomic mass is 16.5. The Kier molecular flexibility index (Phi) is 4.69. The molecule has 0 spiro atoms. The predicted molar refractivity (Wildman–Crippen MR) is 98.6 cm³/mol. The summed E-state index contributed by atoms with van der Waals surface area (Å²) < 4.78 is 12.6. The highest BCUT2D eigenvalue weighted by molar-refractivity contribution is 5.56. The van der Waals surface area contributed by atoms with Crippen LogP contribution in [0.25, 0.3) is 0 Å². The van der Waals surface area contributed by atoms with E-state index in [0.29, 0.717) is 12.5 Å². The third-order valence-electron chi connectivity index (χ3n) is 4.67. The summed E-state index contributed by atoms with van der Waals surface area (Å²) >= 11 is 0. The van der Waals surface area contributed by atoms with Gasteiger partial charge in [-0.2, -0.15) is 0 Å². The van der Waals surface area contributed by atoms with Gasteiger partial charge >= 0.3 is 0 Å². The first-order valence-corrected chi connectivity index (χ1v) is 8.91. The van der Waals surface area contributed by atoms with E-state index in [9.17, 15) is 0 Å². The van der Waals surface area contributed by atoms with Crippen molar-refractivity contribution in [3.63, 3.8) is 0 Å². The monoisotopic (exact) mass is 324 g/mol. The summed E-state index contributed by atoms with van der Waals surface area (Å²) in [6.07, 6.45) is 1.16. The van der Waals surface area contributed by atoms with Crippen molar-refractivity contribution in [1.82, 2.24) is 0 Å². The van der Waals surface area contributed by atoms with Crippen LogP contribution < -0.4 is 4.74 Å². The molecule has 128 valence electrons. The van der Waals surface area contributed by atoms with Crippen molar-refractivity contribution in [3.8, 4) is 5.75 Å². The SMILES string of the molecule is CC(C)OC1(C)Cc2ccc(C(C)C)c(OCc3ccccc3)c21. The van der Waals surface area contributed by atoms with Gasteiger partial charge in [0.05, 0.1) is 11.7 Å². The maximum atomic E-state index is 6.34. The Balaban J connectivity index is 1.95. The summed E-state index contributed by atoms with van der Waals surface area (Å²) in [6, 6.07) is 14.8. The second kappa shape index (κ2) is 6.60. The lowest BCUT2D eigenvalue weighted by atomic mass is 9.72. The number of hydrogen-bond acceptors (Lipinski definition) is 2. The lowest BCUT2D eigenvalue weighted by molar-refractivity contribution is -0.0901. The maximum Gasteiger partial charge on any atom is 0.129 e. The second-order valence-corrected chi connectivity index (χ2v) is 7.52. The average molecular weight is 324 g/mol. The minimum Gasteiger partial charge on any atom is -0.488 e. The van der Waals surface area contributed by atoms with Crippen LogP contribution in [0.4, 0.5) is 0 Å². The van der Waals surface area contributed by atoms with E-state index in [0.717, 1.165) is 12.2 Å². The third-order valence-corrected chi connectivity index (χ3v) is 4.67. The van der Waals surface area contributed by atoms with E-state index in [2.05, 4.69) is 71.0 Å². The number of hydrogen-bond donors (Lipinski definition) is 0. The van der Waals surface area contributed by atoms with Crippen LogP contribution >= 0.6 is 0 Å². The highest BCUT2D eigenvalue weighted by Gasteiger charge is 2.44. The van der Waals surface area contributed by atoms with E-state index >= 15 is 0 Å². The van der Waals surface area contributed by atoms with Crippen LogP contribution in [-0.4, -0.2) is 6.10 Å². The fourth-order valence-corrected chi connectivity index (χ4v) is 3.67. The minimum atomic E-state index is -0.236.